The first-order valence-corrected chi connectivity index (χ1v) is 7.65. The van der Waals surface area contributed by atoms with Crippen molar-refractivity contribution in [1.82, 2.24) is 5.27 Å². The van der Waals surface area contributed by atoms with Crippen molar-refractivity contribution in [3.05, 3.63) is 54.1 Å². The van der Waals surface area contributed by atoms with Gasteiger partial charge in [-0.25, -0.2) is 4.79 Å². The molecular formula is C18H16N2O5. The van der Waals surface area contributed by atoms with Crippen LogP contribution in [-0.4, -0.2) is 25.0 Å². The molecule has 0 amide bonds. The van der Waals surface area contributed by atoms with Gasteiger partial charge in [-0.1, -0.05) is 12.1 Å². The maximum Gasteiger partial charge on any atom is 0.338 e. The molecular weight excluding hydrogens is 324 g/mol. The molecule has 0 aliphatic rings. The number of hydrogen-bond donors (Lipinski definition) is 0. The molecule has 0 saturated carbocycles. The number of methoxy groups -OCH3 is 1. The van der Waals surface area contributed by atoms with Gasteiger partial charge in [0.1, 0.15) is 5.75 Å². The summed E-state index contributed by atoms with van der Waals surface area (Å²) in [6, 6.07) is 13.6. The van der Waals surface area contributed by atoms with Crippen molar-refractivity contribution < 1.29 is 28.6 Å². The average Bonchev–Trinajstić information content (AvgIpc) is 3.03. The largest absolute Gasteiger partial charge is 0.539 e. The molecule has 0 atom stereocenters. The SMILES string of the molecule is CCOC(=O)c1ccc(-[n+]2noc([O-])c2-c2ccccc2OC)cc1. The van der Waals surface area contributed by atoms with Gasteiger partial charge in [-0.15, -0.1) is 0 Å². The number of para-hydroxylation sites is 1. The van der Waals surface area contributed by atoms with E-state index in [1.807, 2.05) is 0 Å². The Morgan fingerprint density at radius 3 is 2.60 bits per heavy atom. The van der Waals surface area contributed by atoms with E-state index in [1.165, 1.54) is 11.8 Å². The van der Waals surface area contributed by atoms with E-state index in [9.17, 15) is 9.90 Å². The molecule has 0 spiro atoms. The molecule has 2 aromatic carbocycles. The fourth-order valence-corrected chi connectivity index (χ4v) is 2.44. The summed E-state index contributed by atoms with van der Waals surface area (Å²) < 4.78 is 16.5. The Hall–Kier alpha value is -3.35. The lowest BCUT2D eigenvalue weighted by atomic mass is 10.1. The second-order valence-corrected chi connectivity index (χ2v) is 5.09. The summed E-state index contributed by atoms with van der Waals surface area (Å²) in [6.45, 7) is 2.04. The molecule has 0 bridgehead atoms. The molecule has 0 saturated heterocycles. The molecule has 0 aliphatic heterocycles. The van der Waals surface area contributed by atoms with E-state index in [2.05, 4.69) is 5.27 Å². The van der Waals surface area contributed by atoms with E-state index < -0.39 is 11.9 Å². The Labute approximate surface area is 144 Å². The normalized spacial score (nSPS) is 10.5. The van der Waals surface area contributed by atoms with Crippen molar-refractivity contribution in [3.8, 4) is 28.6 Å². The number of nitrogens with zero attached hydrogens (tertiary/aromatic N) is 2. The number of carbonyl (C=O) groups is 1. The first kappa shape index (κ1) is 16.5. The van der Waals surface area contributed by atoms with E-state index in [-0.39, 0.29) is 5.69 Å². The van der Waals surface area contributed by atoms with Gasteiger partial charge in [0.2, 0.25) is 5.69 Å². The van der Waals surface area contributed by atoms with Crippen molar-refractivity contribution in [2.24, 2.45) is 0 Å². The van der Waals surface area contributed by atoms with Gasteiger partial charge in [-0.3, -0.25) is 0 Å². The topological polar surface area (TPSA) is 88.5 Å². The van der Waals surface area contributed by atoms with E-state index in [0.717, 1.165) is 0 Å². The zero-order valence-corrected chi connectivity index (χ0v) is 13.8. The van der Waals surface area contributed by atoms with E-state index in [1.54, 1.807) is 55.5 Å². The number of ether oxygens (including phenoxy) is 2. The third kappa shape index (κ3) is 3.16. The average molecular weight is 340 g/mol. The Kier molecular flexibility index (Phi) is 4.65. The predicted molar refractivity (Wildman–Crippen MR) is 85.4 cm³/mol. The molecule has 0 aliphatic carbocycles. The molecule has 0 N–H and O–H groups in total. The van der Waals surface area contributed by atoms with Crippen LogP contribution in [0.4, 0.5) is 0 Å². The van der Waals surface area contributed by atoms with Crippen molar-refractivity contribution in [3.63, 3.8) is 0 Å². The molecule has 7 nitrogen and oxygen atoms in total. The van der Waals surface area contributed by atoms with Crippen LogP contribution in [0.2, 0.25) is 0 Å². The van der Waals surface area contributed by atoms with Gasteiger partial charge in [0, 0.05) is 12.1 Å². The summed E-state index contributed by atoms with van der Waals surface area (Å²) in [4.78, 5) is 11.7. The lowest BCUT2D eigenvalue weighted by Crippen LogP contribution is -2.34. The number of hydrogen-bond acceptors (Lipinski definition) is 6. The van der Waals surface area contributed by atoms with Crippen LogP contribution in [0.5, 0.6) is 11.7 Å². The maximum absolute atomic E-state index is 12.2. The minimum Gasteiger partial charge on any atom is -0.539 e. The maximum atomic E-state index is 12.2. The molecule has 3 rings (SSSR count). The first-order chi connectivity index (χ1) is 12.2. The fourth-order valence-electron chi connectivity index (χ4n) is 2.44. The lowest BCUT2D eigenvalue weighted by molar-refractivity contribution is -0.660. The zero-order valence-electron chi connectivity index (χ0n) is 13.8. The summed E-state index contributed by atoms with van der Waals surface area (Å²) in [5.41, 5.74) is 1.78. The second-order valence-electron chi connectivity index (χ2n) is 5.09. The summed E-state index contributed by atoms with van der Waals surface area (Å²) in [5.74, 6) is -0.465. The van der Waals surface area contributed by atoms with Gasteiger partial charge in [-0.2, -0.15) is 0 Å². The highest BCUT2D eigenvalue weighted by molar-refractivity contribution is 5.89. The summed E-state index contributed by atoms with van der Waals surface area (Å²) in [5, 5.41) is 16.0. The Morgan fingerprint density at radius 2 is 1.92 bits per heavy atom. The number of carbonyl (C=O) groups excluding carboxylic acids is 1. The van der Waals surface area contributed by atoms with Crippen LogP contribution in [0.25, 0.3) is 16.9 Å². The smallest absolute Gasteiger partial charge is 0.338 e. The first-order valence-electron chi connectivity index (χ1n) is 7.65. The van der Waals surface area contributed by atoms with Crippen LogP contribution < -0.4 is 14.5 Å². The highest BCUT2D eigenvalue weighted by atomic mass is 16.6. The standard InChI is InChI=1S/C18H16N2O5/c1-3-24-17(21)12-8-10-13(11-9-12)20-16(18(22)25-19-20)14-6-4-5-7-15(14)23-2/h4-11H,3H2,1-2H3. The number of benzene rings is 2. The Bertz CT molecular complexity index is 887. The van der Waals surface area contributed by atoms with Gasteiger partial charge < -0.3 is 19.1 Å². The predicted octanol–water partition coefficient (Wildman–Crippen LogP) is 1.88. The summed E-state index contributed by atoms with van der Waals surface area (Å²) >= 11 is 0. The number of esters is 1. The van der Waals surface area contributed by atoms with Crippen molar-refractivity contribution in [2.45, 2.75) is 6.92 Å². The highest BCUT2D eigenvalue weighted by Crippen LogP contribution is 2.32. The van der Waals surface area contributed by atoms with Crippen LogP contribution in [0.3, 0.4) is 0 Å². The van der Waals surface area contributed by atoms with Gasteiger partial charge in [0.15, 0.2) is 5.95 Å². The Balaban J connectivity index is 2.04. The van der Waals surface area contributed by atoms with Gasteiger partial charge in [0.25, 0.3) is 5.69 Å². The molecule has 7 heteroatoms. The van der Waals surface area contributed by atoms with E-state index >= 15 is 0 Å². The number of aromatic nitrogens is 2. The van der Waals surface area contributed by atoms with Crippen LogP contribution in [0.15, 0.2) is 53.1 Å². The van der Waals surface area contributed by atoms with E-state index in [4.69, 9.17) is 14.0 Å². The van der Waals surface area contributed by atoms with E-state index in [0.29, 0.717) is 29.2 Å². The highest BCUT2D eigenvalue weighted by Gasteiger charge is 2.25. The van der Waals surface area contributed by atoms with Gasteiger partial charge in [0.05, 0.1) is 30.1 Å². The molecule has 0 unspecified atom stereocenters. The van der Waals surface area contributed by atoms with Crippen molar-refractivity contribution in [1.29, 1.82) is 0 Å². The molecule has 25 heavy (non-hydrogen) atoms. The molecule has 128 valence electrons. The zero-order chi connectivity index (χ0) is 17.8. The third-order valence-electron chi connectivity index (χ3n) is 3.60. The minimum atomic E-state index is -0.584. The van der Waals surface area contributed by atoms with Crippen LogP contribution in [0, 0.1) is 0 Å². The monoisotopic (exact) mass is 340 g/mol. The lowest BCUT2D eigenvalue weighted by Gasteiger charge is -2.05. The molecule has 0 radical (unpaired) electrons. The second kappa shape index (κ2) is 7.04. The molecule has 1 aromatic heterocycles. The molecule has 3 aromatic rings. The third-order valence-corrected chi connectivity index (χ3v) is 3.60. The van der Waals surface area contributed by atoms with Crippen molar-refractivity contribution >= 4 is 5.97 Å². The van der Waals surface area contributed by atoms with Crippen LogP contribution >= 0.6 is 0 Å². The quantitative estimate of drug-likeness (QED) is 0.520. The van der Waals surface area contributed by atoms with Gasteiger partial charge >= 0.3 is 5.97 Å². The summed E-state index contributed by atoms with van der Waals surface area (Å²) in [7, 11) is 1.52. The van der Waals surface area contributed by atoms with Crippen molar-refractivity contribution in [2.75, 3.05) is 13.7 Å². The minimum absolute atomic E-state index is 0.237. The number of rotatable bonds is 5. The van der Waals surface area contributed by atoms with Crippen LogP contribution in [0.1, 0.15) is 17.3 Å². The van der Waals surface area contributed by atoms with Gasteiger partial charge in [-0.05, 0) is 35.9 Å². The van der Waals surface area contributed by atoms with Crippen LogP contribution in [-0.2, 0) is 4.74 Å². The fraction of sp³-hybridized carbons (Fsp3) is 0.167. The Morgan fingerprint density at radius 1 is 1.20 bits per heavy atom. The summed E-state index contributed by atoms with van der Waals surface area (Å²) in [6.07, 6.45) is 0. The molecule has 0 fully saturated rings. The molecule has 1 heterocycles.